The number of nitrogens with one attached hydrogen (secondary N) is 1. The average molecular weight is 228 g/mol. The zero-order valence-electron chi connectivity index (χ0n) is 8.23. The molecule has 0 fully saturated rings. The first kappa shape index (κ1) is 11.7. The predicted molar refractivity (Wildman–Crippen MR) is 55.8 cm³/mol. The Labute approximate surface area is 88.3 Å². The van der Waals surface area contributed by atoms with Gasteiger partial charge in [0.05, 0.1) is 10.5 Å². The lowest BCUT2D eigenvalue weighted by Gasteiger charge is -2.06. The Morgan fingerprint density at radius 2 is 2.00 bits per heavy atom. The van der Waals surface area contributed by atoms with Gasteiger partial charge in [-0.1, -0.05) is 12.1 Å². The molecule has 0 spiro atoms. The summed E-state index contributed by atoms with van der Waals surface area (Å²) in [6.07, 6.45) is 0. The molecule has 0 bridgehead atoms. The lowest BCUT2D eigenvalue weighted by Crippen LogP contribution is -2.26. The van der Waals surface area contributed by atoms with Gasteiger partial charge in [0.1, 0.15) is 0 Å². The summed E-state index contributed by atoms with van der Waals surface area (Å²) in [7, 11) is -3.86. The van der Waals surface area contributed by atoms with Crippen molar-refractivity contribution in [1.82, 2.24) is 5.32 Å². The highest BCUT2D eigenvalue weighted by Gasteiger charge is 2.17. The number of amides is 1. The number of hydrogen-bond acceptors (Lipinski definition) is 3. The van der Waals surface area contributed by atoms with Gasteiger partial charge in [-0.25, -0.2) is 13.6 Å². The molecule has 0 aliphatic rings. The van der Waals surface area contributed by atoms with Crippen LogP contribution in [0, 0.1) is 0 Å². The summed E-state index contributed by atoms with van der Waals surface area (Å²) in [4.78, 5) is 11.3. The van der Waals surface area contributed by atoms with Gasteiger partial charge < -0.3 is 5.32 Å². The third kappa shape index (κ3) is 2.77. The standard InChI is InChI=1S/C9H12N2O3S/c1-2-11-9(12)7-5-3-4-6-8(7)15(10,13)14/h3-6H,2H2,1H3,(H,11,12)(H2,10,13,14). The molecule has 0 saturated heterocycles. The molecule has 1 rings (SSSR count). The van der Waals surface area contributed by atoms with E-state index in [4.69, 9.17) is 5.14 Å². The van der Waals surface area contributed by atoms with Crippen LogP contribution in [0.4, 0.5) is 0 Å². The van der Waals surface area contributed by atoms with Crippen molar-refractivity contribution in [2.45, 2.75) is 11.8 Å². The minimum Gasteiger partial charge on any atom is -0.352 e. The van der Waals surface area contributed by atoms with E-state index in [1.165, 1.54) is 18.2 Å². The van der Waals surface area contributed by atoms with Crippen LogP contribution in [-0.4, -0.2) is 20.9 Å². The van der Waals surface area contributed by atoms with Crippen LogP contribution < -0.4 is 10.5 Å². The van der Waals surface area contributed by atoms with Crippen LogP contribution >= 0.6 is 0 Å². The normalized spacial score (nSPS) is 11.1. The van der Waals surface area contributed by atoms with Gasteiger partial charge >= 0.3 is 0 Å². The number of carbonyl (C=O) groups excluding carboxylic acids is 1. The van der Waals surface area contributed by atoms with Crippen LogP contribution in [0.15, 0.2) is 29.2 Å². The summed E-state index contributed by atoms with van der Waals surface area (Å²) < 4.78 is 22.3. The van der Waals surface area contributed by atoms with Crippen molar-refractivity contribution in [3.05, 3.63) is 29.8 Å². The van der Waals surface area contributed by atoms with E-state index < -0.39 is 15.9 Å². The fraction of sp³-hybridized carbons (Fsp3) is 0.222. The number of carbonyl (C=O) groups is 1. The van der Waals surface area contributed by atoms with Gasteiger partial charge in [-0.05, 0) is 19.1 Å². The van der Waals surface area contributed by atoms with Crippen LogP contribution in [0.5, 0.6) is 0 Å². The molecule has 1 aromatic rings. The fourth-order valence-electron chi connectivity index (χ4n) is 1.16. The number of rotatable bonds is 3. The van der Waals surface area contributed by atoms with Crippen LogP contribution in [0.3, 0.4) is 0 Å². The minimum atomic E-state index is -3.86. The number of primary sulfonamides is 1. The maximum Gasteiger partial charge on any atom is 0.252 e. The first-order valence-corrected chi connectivity index (χ1v) is 5.91. The van der Waals surface area contributed by atoms with Crippen molar-refractivity contribution in [2.75, 3.05) is 6.54 Å². The van der Waals surface area contributed by atoms with Crippen molar-refractivity contribution in [3.8, 4) is 0 Å². The van der Waals surface area contributed by atoms with Crippen molar-refractivity contribution < 1.29 is 13.2 Å². The molecule has 1 aromatic carbocycles. The molecule has 0 unspecified atom stereocenters. The van der Waals surface area contributed by atoms with E-state index in [1.807, 2.05) is 0 Å². The third-order valence-electron chi connectivity index (χ3n) is 1.78. The first-order chi connectivity index (χ1) is 6.96. The number of benzene rings is 1. The summed E-state index contributed by atoms with van der Waals surface area (Å²) in [6.45, 7) is 2.18. The largest absolute Gasteiger partial charge is 0.352 e. The zero-order chi connectivity index (χ0) is 11.5. The average Bonchev–Trinajstić information content (AvgIpc) is 2.17. The Bertz CT molecular complexity index is 468. The monoisotopic (exact) mass is 228 g/mol. The molecule has 82 valence electrons. The quantitative estimate of drug-likeness (QED) is 0.768. The Hall–Kier alpha value is -1.40. The van der Waals surface area contributed by atoms with E-state index >= 15 is 0 Å². The van der Waals surface area contributed by atoms with Gasteiger partial charge in [0.15, 0.2) is 0 Å². The van der Waals surface area contributed by atoms with E-state index in [1.54, 1.807) is 13.0 Å². The summed E-state index contributed by atoms with van der Waals surface area (Å²) in [6, 6.07) is 5.83. The van der Waals surface area contributed by atoms with Crippen molar-refractivity contribution in [2.24, 2.45) is 5.14 Å². The maximum absolute atomic E-state index is 11.5. The molecule has 6 heteroatoms. The van der Waals surface area contributed by atoms with Crippen LogP contribution in [-0.2, 0) is 10.0 Å². The maximum atomic E-state index is 11.5. The highest BCUT2D eigenvalue weighted by atomic mass is 32.2. The third-order valence-corrected chi connectivity index (χ3v) is 2.74. The van der Waals surface area contributed by atoms with E-state index in [-0.39, 0.29) is 10.5 Å². The summed E-state index contributed by atoms with van der Waals surface area (Å²) in [5.41, 5.74) is 0.0712. The fourth-order valence-corrected chi connectivity index (χ4v) is 1.89. The molecule has 0 aliphatic heterocycles. The van der Waals surface area contributed by atoms with E-state index in [2.05, 4.69) is 5.32 Å². The summed E-state index contributed by atoms with van der Waals surface area (Å²) in [5, 5.41) is 7.50. The van der Waals surface area contributed by atoms with Crippen LogP contribution in [0.1, 0.15) is 17.3 Å². The second kappa shape index (κ2) is 4.41. The second-order valence-electron chi connectivity index (χ2n) is 2.90. The smallest absolute Gasteiger partial charge is 0.252 e. The van der Waals surface area contributed by atoms with Gasteiger partial charge in [0.25, 0.3) is 5.91 Å². The summed E-state index contributed by atoms with van der Waals surface area (Å²) >= 11 is 0. The Morgan fingerprint density at radius 1 is 1.40 bits per heavy atom. The molecule has 0 radical (unpaired) electrons. The van der Waals surface area contributed by atoms with Crippen molar-refractivity contribution >= 4 is 15.9 Å². The number of hydrogen-bond donors (Lipinski definition) is 2. The van der Waals surface area contributed by atoms with Crippen molar-refractivity contribution in [1.29, 1.82) is 0 Å². The second-order valence-corrected chi connectivity index (χ2v) is 4.43. The Kier molecular flexibility index (Phi) is 3.43. The molecule has 0 aliphatic carbocycles. The molecule has 0 atom stereocenters. The lowest BCUT2D eigenvalue weighted by atomic mass is 10.2. The predicted octanol–water partition coefficient (Wildman–Crippen LogP) is 0.0837. The highest BCUT2D eigenvalue weighted by Crippen LogP contribution is 2.13. The van der Waals surface area contributed by atoms with Gasteiger partial charge in [0.2, 0.25) is 10.0 Å². The SMILES string of the molecule is CCNC(=O)c1ccccc1S(N)(=O)=O. The minimum absolute atomic E-state index is 0.0712. The van der Waals surface area contributed by atoms with Crippen LogP contribution in [0.25, 0.3) is 0 Å². The molecule has 0 aromatic heterocycles. The topological polar surface area (TPSA) is 89.3 Å². The molecule has 1 amide bonds. The molecular formula is C9H12N2O3S. The van der Waals surface area contributed by atoms with Gasteiger partial charge in [-0.2, -0.15) is 0 Å². The van der Waals surface area contributed by atoms with Crippen LogP contribution in [0.2, 0.25) is 0 Å². The van der Waals surface area contributed by atoms with Gasteiger partial charge in [0, 0.05) is 6.54 Å². The lowest BCUT2D eigenvalue weighted by molar-refractivity contribution is 0.0952. The van der Waals surface area contributed by atoms with Crippen molar-refractivity contribution in [3.63, 3.8) is 0 Å². The summed E-state index contributed by atoms with van der Waals surface area (Å²) in [5.74, 6) is -0.442. The van der Waals surface area contributed by atoms with Gasteiger partial charge in [-0.15, -0.1) is 0 Å². The highest BCUT2D eigenvalue weighted by molar-refractivity contribution is 7.89. The van der Waals surface area contributed by atoms with Gasteiger partial charge in [-0.3, -0.25) is 4.79 Å². The Morgan fingerprint density at radius 3 is 2.53 bits per heavy atom. The van der Waals surface area contributed by atoms with E-state index in [0.717, 1.165) is 0 Å². The first-order valence-electron chi connectivity index (χ1n) is 4.37. The number of sulfonamides is 1. The molecule has 3 N–H and O–H groups in total. The molecule has 0 heterocycles. The van der Waals surface area contributed by atoms with E-state index in [0.29, 0.717) is 6.54 Å². The molecule has 15 heavy (non-hydrogen) atoms. The Balaban J connectivity index is 3.25. The number of nitrogens with two attached hydrogens (primary N) is 1. The zero-order valence-corrected chi connectivity index (χ0v) is 9.04. The van der Waals surface area contributed by atoms with E-state index in [9.17, 15) is 13.2 Å². The molecule has 0 saturated carbocycles. The molecular weight excluding hydrogens is 216 g/mol. The molecule has 5 nitrogen and oxygen atoms in total.